The molecule has 1 heterocycles. The first kappa shape index (κ1) is 12.4. The molecule has 0 spiro atoms. The Morgan fingerprint density at radius 3 is 3.07 bits per heavy atom. The molecule has 3 atom stereocenters. The van der Waals surface area contributed by atoms with Gasteiger partial charge in [-0.2, -0.15) is 0 Å². The molecule has 1 fully saturated rings. The molecular weight excluding hydrogens is 192 g/mol. The van der Waals surface area contributed by atoms with Gasteiger partial charge in [-0.25, -0.2) is 0 Å². The molecule has 0 bridgehead atoms. The van der Waals surface area contributed by atoms with Crippen molar-refractivity contribution in [1.82, 2.24) is 0 Å². The molecule has 1 rings (SSSR count). The van der Waals surface area contributed by atoms with Crippen molar-refractivity contribution in [2.75, 3.05) is 6.61 Å². The smallest absolute Gasteiger partial charge is 0.120 e. The van der Waals surface area contributed by atoms with Crippen LogP contribution in [0.15, 0.2) is 12.2 Å². The summed E-state index contributed by atoms with van der Waals surface area (Å²) in [5, 5.41) is 8.73. The van der Waals surface area contributed by atoms with Crippen LogP contribution in [0.1, 0.15) is 32.6 Å². The number of aliphatic hydroxyl groups is 1. The summed E-state index contributed by atoms with van der Waals surface area (Å²) in [6.07, 6.45) is 4.18. The van der Waals surface area contributed by atoms with Crippen molar-refractivity contribution in [3.05, 3.63) is 12.2 Å². The molecule has 3 nitrogen and oxygen atoms in total. The third-order valence-corrected chi connectivity index (χ3v) is 2.90. The minimum Gasteiger partial charge on any atom is -0.396 e. The van der Waals surface area contributed by atoms with E-state index in [-0.39, 0.29) is 24.7 Å². The summed E-state index contributed by atoms with van der Waals surface area (Å²) in [5.74, 6) is 0.217. The topological polar surface area (TPSA) is 46.5 Å². The molecule has 0 amide bonds. The summed E-state index contributed by atoms with van der Waals surface area (Å²) in [6.45, 7) is 6.22. The van der Waals surface area contributed by atoms with Gasteiger partial charge in [0.25, 0.3) is 0 Å². The lowest BCUT2D eigenvalue weighted by atomic mass is 9.95. The first-order valence-electron chi connectivity index (χ1n) is 5.56. The standard InChI is InChI=1S/C12H20O3/c1-9(5-7-14)12-10(2)8-11(15-12)4-3-6-13/h7,9,11-13H,2-6,8H2,1H3. The first-order chi connectivity index (χ1) is 7.19. The first-order valence-corrected chi connectivity index (χ1v) is 5.56. The van der Waals surface area contributed by atoms with Crippen LogP contribution in [0.25, 0.3) is 0 Å². The van der Waals surface area contributed by atoms with Gasteiger partial charge in [-0.1, -0.05) is 13.5 Å². The number of aldehydes is 1. The molecule has 1 N–H and O–H groups in total. The summed E-state index contributed by atoms with van der Waals surface area (Å²) >= 11 is 0. The van der Waals surface area contributed by atoms with Crippen molar-refractivity contribution >= 4 is 6.29 Å². The number of aliphatic hydroxyl groups excluding tert-OH is 1. The molecule has 0 radical (unpaired) electrons. The normalized spacial score (nSPS) is 28.0. The highest BCUT2D eigenvalue weighted by Gasteiger charge is 2.31. The number of hydrogen-bond donors (Lipinski definition) is 1. The van der Waals surface area contributed by atoms with E-state index >= 15 is 0 Å². The zero-order valence-electron chi connectivity index (χ0n) is 9.32. The quantitative estimate of drug-likeness (QED) is 0.538. The molecule has 1 aliphatic heterocycles. The van der Waals surface area contributed by atoms with E-state index in [1.54, 1.807) is 0 Å². The highest BCUT2D eigenvalue weighted by Crippen LogP contribution is 2.32. The summed E-state index contributed by atoms with van der Waals surface area (Å²) in [7, 11) is 0. The molecular formula is C12H20O3. The molecule has 15 heavy (non-hydrogen) atoms. The van der Waals surface area contributed by atoms with E-state index in [1.807, 2.05) is 6.92 Å². The van der Waals surface area contributed by atoms with Crippen LogP contribution in [0.2, 0.25) is 0 Å². The number of carbonyl (C=O) groups is 1. The Hall–Kier alpha value is -0.670. The minimum absolute atomic E-state index is 0.0268. The highest BCUT2D eigenvalue weighted by atomic mass is 16.5. The van der Waals surface area contributed by atoms with Crippen molar-refractivity contribution in [2.24, 2.45) is 5.92 Å². The summed E-state index contributed by atoms with van der Waals surface area (Å²) in [6, 6.07) is 0. The number of ether oxygens (including phenoxy) is 1. The van der Waals surface area contributed by atoms with Gasteiger partial charge in [0.05, 0.1) is 12.2 Å². The van der Waals surface area contributed by atoms with Gasteiger partial charge < -0.3 is 14.6 Å². The van der Waals surface area contributed by atoms with E-state index in [4.69, 9.17) is 9.84 Å². The summed E-state index contributed by atoms with van der Waals surface area (Å²) in [5.41, 5.74) is 1.09. The predicted molar refractivity (Wildman–Crippen MR) is 58.6 cm³/mol. The van der Waals surface area contributed by atoms with Gasteiger partial charge in [0.15, 0.2) is 0 Å². The highest BCUT2D eigenvalue weighted by molar-refractivity contribution is 5.50. The van der Waals surface area contributed by atoms with Crippen LogP contribution in [0.4, 0.5) is 0 Å². The van der Waals surface area contributed by atoms with Crippen LogP contribution < -0.4 is 0 Å². The van der Waals surface area contributed by atoms with Gasteiger partial charge in [-0.15, -0.1) is 0 Å². The molecule has 0 aromatic heterocycles. The van der Waals surface area contributed by atoms with Crippen molar-refractivity contribution in [1.29, 1.82) is 0 Å². The SMILES string of the molecule is C=C1CC(CCCO)OC1C(C)CC=O. The maximum absolute atomic E-state index is 10.4. The fraction of sp³-hybridized carbons (Fsp3) is 0.750. The van der Waals surface area contributed by atoms with E-state index in [1.165, 1.54) is 0 Å². The Morgan fingerprint density at radius 1 is 1.73 bits per heavy atom. The van der Waals surface area contributed by atoms with Crippen LogP contribution in [-0.2, 0) is 9.53 Å². The van der Waals surface area contributed by atoms with Crippen LogP contribution in [-0.4, -0.2) is 30.2 Å². The molecule has 0 aliphatic carbocycles. The average molecular weight is 212 g/mol. The van der Waals surface area contributed by atoms with Gasteiger partial charge in [0, 0.05) is 13.0 Å². The molecule has 1 aliphatic rings. The van der Waals surface area contributed by atoms with Gasteiger partial charge >= 0.3 is 0 Å². The Morgan fingerprint density at radius 2 is 2.47 bits per heavy atom. The monoisotopic (exact) mass is 212 g/mol. The summed E-state index contributed by atoms with van der Waals surface area (Å²) < 4.78 is 5.82. The van der Waals surface area contributed by atoms with E-state index in [0.29, 0.717) is 6.42 Å². The van der Waals surface area contributed by atoms with E-state index in [9.17, 15) is 4.79 Å². The van der Waals surface area contributed by atoms with Crippen LogP contribution in [0, 0.1) is 5.92 Å². The zero-order valence-corrected chi connectivity index (χ0v) is 9.32. The van der Waals surface area contributed by atoms with E-state index in [0.717, 1.165) is 31.1 Å². The third-order valence-electron chi connectivity index (χ3n) is 2.90. The third kappa shape index (κ3) is 3.43. The maximum Gasteiger partial charge on any atom is 0.120 e. The Kier molecular flexibility index (Phi) is 4.99. The van der Waals surface area contributed by atoms with Gasteiger partial charge in [0.1, 0.15) is 6.29 Å². The lowest BCUT2D eigenvalue weighted by molar-refractivity contribution is -0.109. The Bertz CT molecular complexity index is 225. The van der Waals surface area contributed by atoms with Crippen LogP contribution in [0.5, 0.6) is 0 Å². The van der Waals surface area contributed by atoms with E-state index < -0.39 is 0 Å². The minimum atomic E-state index is 0.0268. The summed E-state index contributed by atoms with van der Waals surface area (Å²) in [4.78, 5) is 10.4. The molecule has 0 aromatic carbocycles. The average Bonchev–Trinajstić information content (AvgIpc) is 2.57. The van der Waals surface area contributed by atoms with Crippen molar-refractivity contribution in [2.45, 2.75) is 44.8 Å². The molecule has 86 valence electrons. The predicted octanol–water partition coefficient (Wildman–Crippen LogP) is 1.70. The fourth-order valence-corrected chi connectivity index (χ4v) is 2.06. The number of rotatable bonds is 6. The Labute approximate surface area is 91.1 Å². The molecule has 0 aromatic rings. The van der Waals surface area contributed by atoms with Crippen molar-refractivity contribution in [3.63, 3.8) is 0 Å². The van der Waals surface area contributed by atoms with Crippen LogP contribution >= 0.6 is 0 Å². The lowest BCUT2D eigenvalue weighted by Gasteiger charge is -2.18. The molecule has 1 saturated heterocycles. The lowest BCUT2D eigenvalue weighted by Crippen LogP contribution is -2.20. The van der Waals surface area contributed by atoms with Crippen molar-refractivity contribution < 1.29 is 14.6 Å². The molecule has 0 saturated carbocycles. The second kappa shape index (κ2) is 6.03. The number of hydrogen-bond acceptors (Lipinski definition) is 3. The largest absolute Gasteiger partial charge is 0.396 e. The Balaban J connectivity index is 2.41. The van der Waals surface area contributed by atoms with Crippen molar-refractivity contribution in [3.8, 4) is 0 Å². The second-order valence-electron chi connectivity index (χ2n) is 4.29. The van der Waals surface area contributed by atoms with Gasteiger partial charge in [-0.3, -0.25) is 0 Å². The maximum atomic E-state index is 10.4. The van der Waals surface area contributed by atoms with Crippen LogP contribution in [0.3, 0.4) is 0 Å². The zero-order chi connectivity index (χ0) is 11.3. The molecule has 3 heteroatoms. The number of carbonyl (C=O) groups excluding carboxylic acids is 1. The fourth-order valence-electron chi connectivity index (χ4n) is 2.06. The van der Waals surface area contributed by atoms with Gasteiger partial charge in [-0.05, 0) is 30.8 Å². The second-order valence-corrected chi connectivity index (χ2v) is 4.29. The van der Waals surface area contributed by atoms with Gasteiger partial charge in [0.2, 0.25) is 0 Å². The van der Waals surface area contributed by atoms with E-state index in [2.05, 4.69) is 6.58 Å². The molecule has 3 unspecified atom stereocenters.